The Morgan fingerprint density at radius 3 is 2.67 bits per heavy atom. The minimum atomic E-state index is -0.578. The van der Waals surface area contributed by atoms with Gasteiger partial charge in [0.1, 0.15) is 11.6 Å². The van der Waals surface area contributed by atoms with Crippen molar-refractivity contribution in [2.75, 3.05) is 12.3 Å². The average molecular weight is 271 g/mol. The Balaban J connectivity index is 2.29. The molecule has 1 saturated heterocycles. The second kappa shape index (κ2) is 5.69. The Hall–Kier alpha value is -1.10. The van der Waals surface area contributed by atoms with Gasteiger partial charge in [0.25, 0.3) is 0 Å². The molecule has 0 saturated carbocycles. The third-order valence-corrected chi connectivity index (χ3v) is 3.46. The van der Waals surface area contributed by atoms with E-state index in [4.69, 9.17) is 0 Å². The summed E-state index contributed by atoms with van der Waals surface area (Å²) < 4.78 is 27.5. The first-order chi connectivity index (χ1) is 8.65. The smallest absolute Gasteiger partial charge is 0.223 e. The molecule has 1 fully saturated rings. The number of hydrogen-bond donors (Lipinski definition) is 1. The van der Waals surface area contributed by atoms with Crippen LogP contribution in [0.5, 0.6) is 0 Å². The molecule has 1 aromatic carbocycles. The number of amides is 1. The fourth-order valence-corrected chi connectivity index (χ4v) is 2.62. The summed E-state index contributed by atoms with van der Waals surface area (Å²) in [6.45, 7) is 0.561. The van der Waals surface area contributed by atoms with E-state index in [1.807, 2.05) is 0 Å². The van der Waals surface area contributed by atoms with E-state index in [1.165, 1.54) is 18.2 Å². The van der Waals surface area contributed by atoms with E-state index in [-0.39, 0.29) is 11.5 Å². The molecule has 2 nitrogen and oxygen atoms in total. The molecule has 1 aromatic rings. The first kappa shape index (κ1) is 13.3. The SMILES string of the molecule is O=C(CCS)N1CCCC1c1c(F)cccc1F. The van der Waals surface area contributed by atoms with Gasteiger partial charge in [-0.25, -0.2) is 8.78 Å². The van der Waals surface area contributed by atoms with Crippen LogP contribution in [0.4, 0.5) is 8.78 Å². The largest absolute Gasteiger partial charge is 0.335 e. The van der Waals surface area contributed by atoms with Gasteiger partial charge in [0.15, 0.2) is 0 Å². The summed E-state index contributed by atoms with van der Waals surface area (Å²) in [5, 5.41) is 0. The van der Waals surface area contributed by atoms with Crippen LogP contribution in [0, 0.1) is 11.6 Å². The molecule has 0 spiro atoms. The molecule has 18 heavy (non-hydrogen) atoms. The highest BCUT2D eigenvalue weighted by Crippen LogP contribution is 2.35. The molecule has 0 N–H and O–H groups in total. The minimum Gasteiger partial charge on any atom is -0.335 e. The monoisotopic (exact) mass is 271 g/mol. The molecule has 0 radical (unpaired) electrons. The van der Waals surface area contributed by atoms with Crippen molar-refractivity contribution < 1.29 is 13.6 Å². The van der Waals surface area contributed by atoms with Crippen molar-refractivity contribution in [3.05, 3.63) is 35.4 Å². The topological polar surface area (TPSA) is 20.3 Å². The van der Waals surface area contributed by atoms with Crippen LogP contribution in [0.2, 0.25) is 0 Å². The van der Waals surface area contributed by atoms with Crippen LogP contribution < -0.4 is 0 Å². The molecule has 5 heteroatoms. The molecule has 0 aliphatic carbocycles. The lowest BCUT2D eigenvalue weighted by molar-refractivity contribution is -0.131. The molecule has 1 unspecified atom stereocenters. The second-order valence-corrected chi connectivity index (χ2v) is 4.80. The third-order valence-electron chi connectivity index (χ3n) is 3.23. The van der Waals surface area contributed by atoms with Gasteiger partial charge >= 0.3 is 0 Å². The number of benzene rings is 1. The van der Waals surface area contributed by atoms with E-state index in [1.54, 1.807) is 4.90 Å². The first-order valence-electron chi connectivity index (χ1n) is 5.99. The van der Waals surface area contributed by atoms with Gasteiger partial charge in [-0.2, -0.15) is 12.6 Å². The van der Waals surface area contributed by atoms with Gasteiger partial charge in [-0.1, -0.05) is 6.07 Å². The average Bonchev–Trinajstić information content (AvgIpc) is 2.78. The number of carbonyl (C=O) groups is 1. The standard InChI is InChI=1S/C13H15F2NOS/c14-9-3-1-4-10(15)13(9)11-5-2-7-16(11)12(17)6-8-18/h1,3-4,11,18H,2,5-8H2. The molecular formula is C13H15F2NOS. The molecule has 0 bridgehead atoms. The Morgan fingerprint density at radius 1 is 1.39 bits per heavy atom. The summed E-state index contributed by atoms with van der Waals surface area (Å²) in [7, 11) is 0. The third kappa shape index (κ3) is 2.51. The predicted molar refractivity (Wildman–Crippen MR) is 68.5 cm³/mol. The van der Waals surface area contributed by atoms with Crippen molar-refractivity contribution in [3.63, 3.8) is 0 Å². The highest BCUT2D eigenvalue weighted by atomic mass is 32.1. The number of rotatable bonds is 3. The van der Waals surface area contributed by atoms with Gasteiger partial charge in [-0.15, -0.1) is 0 Å². The van der Waals surface area contributed by atoms with Gasteiger partial charge in [-0.05, 0) is 30.7 Å². The predicted octanol–water partition coefficient (Wildman–Crippen LogP) is 2.95. The lowest BCUT2D eigenvalue weighted by Crippen LogP contribution is -2.31. The number of halogens is 2. The van der Waals surface area contributed by atoms with Crippen LogP contribution in [0.25, 0.3) is 0 Å². The van der Waals surface area contributed by atoms with Crippen LogP contribution in [-0.2, 0) is 4.79 Å². The van der Waals surface area contributed by atoms with Gasteiger partial charge in [-0.3, -0.25) is 4.79 Å². The van der Waals surface area contributed by atoms with Crippen molar-refractivity contribution in [2.24, 2.45) is 0 Å². The number of nitrogens with zero attached hydrogens (tertiary/aromatic N) is 1. The molecule has 1 heterocycles. The first-order valence-corrected chi connectivity index (χ1v) is 6.62. The van der Waals surface area contributed by atoms with E-state index in [0.717, 1.165) is 6.42 Å². The summed E-state index contributed by atoms with van der Waals surface area (Å²) in [5.41, 5.74) is 0.0162. The maximum absolute atomic E-state index is 13.7. The molecule has 98 valence electrons. The maximum Gasteiger partial charge on any atom is 0.223 e. The highest BCUT2D eigenvalue weighted by molar-refractivity contribution is 7.80. The Labute approximate surface area is 110 Å². The molecule has 2 rings (SSSR count). The quantitative estimate of drug-likeness (QED) is 0.838. The normalized spacial score (nSPS) is 19.3. The van der Waals surface area contributed by atoms with E-state index in [9.17, 15) is 13.6 Å². The highest BCUT2D eigenvalue weighted by Gasteiger charge is 2.32. The minimum absolute atomic E-state index is 0.0162. The lowest BCUT2D eigenvalue weighted by atomic mass is 10.0. The molecule has 1 atom stereocenters. The zero-order valence-corrected chi connectivity index (χ0v) is 10.8. The van der Waals surface area contributed by atoms with Gasteiger partial charge in [0, 0.05) is 18.5 Å². The van der Waals surface area contributed by atoms with Crippen LogP contribution in [-0.4, -0.2) is 23.1 Å². The van der Waals surface area contributed by atoms with Crippen molar-refractivity contribution in [2.45, 2.75) is 25.3 Å². The van der Waals surface area contributed by atoms with Gasteiger partial charge in [0.05, 0.1) is 6.04 Å². The van der Waals surface area contributed by atoms with Crippen molar-refractivity contribution in [1.82, 2.24) is 4.90 Å². The number of likely N-dealkylation sites (tertiary alicyclic amines) is 1. The zero-order valence-electron chi connectivity index (χ0n) is 9.90. The molecule has 1 amide bonds. The van der Waals surface area contributed by atoms with Crippen LogP contribution in [0.15, 0.2) is 18.2 Å². The number of carbonyl (C=O) groups excluding carboxylic acids is 1. The van der Waals surface area contributed by atoms with E-state index in [2.05, 4.69) is 12.6 Å². The van der Waals surface area contributed by atoms with Gasteiger partial charge in [0.2, 0.25) is 5.91 Å². The van der Waals surface area contributed by atoms with Crippen molar-refractivity contribution in [1.29, 1.82) is 0 Å². The molecular weight excluding hydrogens is 256 g/mol. The number of hydrogen-bond acceptors (Lipinski definition) is 2. The second-order valence-electron chi connectivity index (χ2n) is 4.35. The Morgan fingerprint density at radius 2 is 2.06 bits per heavy atom. The van der Waals surface area contributed by atoms with Crippen LogP contribution >= 0.6 is 12.6 Å². The van der Waals surface area contributed by atoms with Crippen molar-refractivity contribution >= 4 is 18.5 Å². The zero-order chi connectivity index (χ0) is 13.1. The van der Waals surface area contributed by atoms with Gasteiger partial charge < -0.3 is 4.90 Å². The van der Waals surface area contributed by atoms with Crippen LogP contribution in [0.3, 0.4) is 0 Å². The van der Waals surface area contributed by atoms with E-state index in [0.29, 0.717) is 25.1 Å². The lowest BCUT2D eigenvalue weighted by Gasteiger charge is -2.25. The Bertz CT molecular complexity index is 432. The fraction of sp³-hybridized carbons (Fsp3) is 0.462. The summed E-state index contributed by atoms with van der Waals surface area (Å²) in [6.07, 6.45) is 1.68. The summed E-state index contributed by atoms with van der Waals surface area (Å²) in [6, 6.07) is 3.33. The van der Waals surface area contributed by atoms with E-state index >= 15 is 0 Å². The number of thiol groups is 1. The van der Waals surface area contributed by atoms with E-state index < -0.39 is 17.7 Å². The Kier molecular flexibility index (Phi) is 4.22. The van der Waals surface area contributed by atoms with Crippen LogP contribution in [0.1, 0.15) is 30.9 Å². The molecule has 0 aromatic heterocycles. The summed E-state index contributed by atoms with van der Waals surface area (Å²) in [5.74, 6) is -0.798. The van der Waals surface area contributed by atoms with Crippen molar-refractivity contribution in [3.8, 4) is 0 Å². The molecule has 1 aliphatic heterocycles. The summed E-state index contributed by atoms with van der Waals surface area (Å²) >= 11 is 4.01. The molecule has 1 aliphatic rings. The maximum atomic E-state index is 13.7. The fourth-order valence-electron chi connectivity index (χ4n) is 2.43. The summed E-state index contributed by atoms with van der Waals surface area (Å²) in [4.78, 5) is 13.5.